The molecule has 32 heavy (non-hydrogen) atoms. The molecule has 0 radical (unpaired) electrons. The van der Waals surface area contributed by atoms with Crippen LogP contribution in [0.15, 0.2) is 79.1 Å². The third-order valence-corrected chi connectivity index (χ3v) is 6.26. The van der Waals surface area contributed by atoms with Gasteiger partial charge >= 0.3 is 0 Å². The Morgan fingerprint density at radius 3 is 2.44 bits per heavy atom. The summed E-state index contributed by atoms with van der Waals surface area (Å²) >= 11 is 0. The number of aromatic nitrogens is 1. The Morgan fingerprint density at radius 1 is 1.06 bits per heavy atom. The van der Waals surface area contributed by atoms with Gasteiger partial charge in [0.2, 0.25) is 0 Å². The molecule has 3 aromatic rings. The second kappa shape index (κ2) is 10.1. The molecule has 2 heterocycles. The van der Waals surface area contributed by atoms with Crippen LogP contribution in [0, 0.1) is 0 Å². The summed E-state index contributed by atoms with van der Waals surface area (Å²) in [6.45, 7) is 5.09. The zero-order valence-electron chi connectivity index (χ0n) is 18.8. The number of carbonyl (C=O) groups excluding carboxylic acids is 1. The lowest BCUT2D eigenvalue weighted by atomic mass is 9.89. The summed E-state index contributed by atoms with van der Waals surface area (Å²) < 4.78 is 6.19. The average Bonchev–Trinajstić information content (AvgIpc) is 2.85. The van der Waals surface area contributed by atoms with E-state index in [1.807, 2.05) is 18.2 Å². The van der Waals surface area contributed by atoms with Crippen LogP contribution in [0.2, 0.25) is 0 Å². The number of hydrogen-bond acceptors (Lipinski definition) is 4. The summed E-state index contributed by atoms with van der Waals surface area (Å²) in [5.41, 5.74) is 3.78. The molecule has 0 bridgehead atoms. The Labute approximate surface area is 190 Å². The Morgan fingerprint density at radius 2 is 1.75 bits per heavy atom. The summed E-state index contributed by atoms with van der Waals surface area (Å²) in [7, 11) is 1.69. The number of benzene rings is 2. The quantitative estimate of drug-likeness (QED) is 0.619. The fourth-order valence-corrected chi connectivity index (χ4v) is 4.53. The molecule has 1 fully saturated rings. The number of carbonyl (C=O) groups is 1. The number of amides is 1. The highest BCUT2D eigenvalue weighted by molar-refractivity contribution is 5.86. The van der Waals surface area contributed by atoms with E-state index in [0.29, 0.717) is 25.5 Å². The third kappa shape index (κ3) is 5.06. The summed E-state index contributed by atoms with van der Waals surface area (Å²) in [5, 5.41) is 2.84. The number of rotatable bonds is 7. The minimum absolute atomic E-state index is 0.0622. The first-order valence-electron chi connectivity index (χ1n) is 11.2. The van der Waals surface area contributed by atoms with Gasteiger partial charge in [0.05, 0.1) is 6.61 Å². The van der Waals surface area contributed by atoms with Crippen molar-refractivity contribution < 1.29 is 9.53 Å². The predicted octanol–water partition coefficient (Wildman–Crippen LogP) is 3.91. The molecule has 1 aromatic heterocycles. The third-order valence-electron chi connectivity index (χ3n) is 6.26. The number of nitrogens with one attached hydrogen (secondary N) is 1. The molecule has 0 unspecified atom stereocenters. The van der Waals surface area contributed by atoms with Gasteiger partial charge in [0.25, 0.3) is 5.91 Å². The van der Waals surface area contributed by atoms with Crippen LogP contribution in [0.4, 0.5) is 0 Å². The maximum Gasteiger partial charge on any atom is 0.253 e. The van der Waals surface area contributed by atoms with Crippen molar-refractivity contribution >= 4 is 5.91 Å². The monoisotopic (exact) mass is 429 g/mol. The molecule has 2 atom stereocenters. The molecule has 1 saturated heterocycles. The Bertz CT molecular complexity index is 1010. The van der Waals surface area contributed by atoms with Gasteiger partial charge < -0.3 is 10.1 Å². The minimum Gasteiger partial charge on any atom is -0.362 e. The first kappa shape index (κ1) is 22.2. The lowest BCUT2D eigenvalue weighted by molar-refractivity contribution is -0.159. The molecule has 0 spiro atoms. The summed E-state index contributed by atoms with van der Waals surface area (Å²) in [6.07, 6.45) is 4.13. The highest BCUT2D eigenvalue weighted by Crippen LogP contribution is 2.27. The van der Waals surface area contributed by atoms with Gasteiger partial charge in [-0.05, 0) is 40.3 Å². The largest absolute Gasteiger partial charge is 0.362 e. The molecule has 1 N–H and O–H groups in total. The summed E-state index contributed by atoms with van der Waals surface area (Å²) in [4.78, 5) is 19.5. The van der Waals surface area contributed by atoms with Crippen LogP contribution in [0.5, 0.6) is 0 Å². The van der Waals surface area contributed by atoms with Crippen LogP contribution in [0.1, 0.15) is 24.0 Å². The molecule has 1 aliphatic rings. The van der Waals surface area contributed by atoms with E-state index in [9.17, 15) is 4.79 Å². The zero-order chi connectivity index (χ0) is 22.4. The molecule has 0 aliphatic carbocycles. The smallest absolute Gasteiger partial charge is 0.253 e. The van der Waals surface area contributed by atoms with Gasteiger partial charge in [-0.2, -0.15) is 0 Å². The molecule has 4 rings (SSSR count). The lowest BCUT2D eigenvalue weighted by Crippen LogP contribution is -2.61. The molecule has 2 aromatic carbocycles. The van der Waals surface area contributed by atoms with Crippen molar-refractivity contribution in [1.29, 1.82) is 0 Å². The SMILES string of the molecule is CNC(=O)[C@]1(Cc2ccc(-c3ccncc3)cc2)CN(C[C@@H](C)c2ccccc2)CCO1. The minimum atomic E-state index is -0.887. The van der Waals surface area contributed by atoms with Crippen LogP contribution in [-0.4, -0.2) is 54.7 Å². The van der Waals surface area contributed by atoms with Crippen LogP contribution in [0.25, 0.3) is 11.1 Å². The highest BCUT2D eigenvalue weighted by Gasteiger charge is 2.43. The number of morpholine rings is 1. The maximum atomic E-state index is 13.0. The van der Waals surface area contributed by atoms with Crippen molar-refractivity contribution in [2.75, 3.05) is 33.3 Å². The van der Waals surface area contributed by atoms with E-state index in [1.54, 1.807) is 19.4 Å². The number of likely N-dealkylation sites (N-methyl/N-ethyl adjacent to an activating group) is 1. The van der Waals surface area contributed by atoms with Crippen molar-refractivity contribution in [3.63, 3.8) is 0 Å². The molecule has 1 aliphatic heterocycles. The van der Waals surface area contributed by atoms with Crippen molar-refractivity contribution in [1.82, 2.24) is 15.2 Å². The van der Waals surface area contributed by atoms with Gasteiger partial charge in [-0.1, -0.05) is 61.5 Å². The number of nitrogens with zero attached hydrogens (tertiary/aromatic N) is 2. The van der Waals surface area contributed by atoms with E-state index in [0.717, 1.165) is 29.8 Å². The van der Waals surface area contributed by atoms with E-state index in [1.165, 1.54) is 5.56 Å². The second-order valence-corrected chi connectivity index (χ2v) is 8.58. The van der Waals surface area contributed by atoms with Crippen LogP contribution < -0.4 is 5.32 Å². The van der Waals surface area contributed by atoms with Gasteiger partial charge in [-0.3, -0.25) is 14.7 Å². The zero-order valence-corrected chi connectivity index (χ0v) is 18.8. The van der Waals surface area contributed by atoms with Gasteiger partial charge in [0, 0.05) is 45.5 Å². The number of pyridine rings is 1. The van der Waals surface area contributed by atoms with Crippen molar-refractivity contribution in [2.24, 2.45) is 0 Å². The number of hydrogen-bond donors (Lipinski definition) is 1. The standard InChI is InChI=1S/C27H31N3O2/c1-21(23-6-4-3-5-7-23)19-30-16-17-32-27(20-30,26(31)28-2)18-22-8-10-24(11-9-22)25-12-14-29-15-13-25/h3-15,21H,16-20H2,1-2H3,(H,28,31)/t21-,27+/m1/s1. The molecule has 166 valence electrons. The van der Waals surface area contributed by atoms with E-state index < -0.39 is 5.60 Å². The first-order valence-corrected chi connectivity index (χ1v) is 11.2. The van der Waals surface area contributed by atoms with E-state index in [4.69, 9.17) is 4.74 Å². The fraction of sp³-hybridized carbons (Fsp3) is 0.333. The van der Waals surface area contributed by atoms with Crippen molar-refractivity contribution in [3.05, 3.63) is 90.3 Å². The Hall–Kier alpha value is -3.02. The first-order chi connectivity index (χ1) is 15.6. The molecule has 5 heteroatoms. The van der Waals surface area contributed by atoms with Crippen molar-refractivity contribution in [2.45, 2.75) is 24.9 Å². The Kier molecular flexibility index (Phi) is 6.98. The van der Waals surface area contributed by atoms with Gasteiger partial charge in [0.1, 0.15) is 0 Å². The average molecular weight is 430 g/mol. The van der Waals surface area contributed by atoms with E-state index in [-0.39, 0.29) is 5.91 Å². The lowest BCUT2D eigenvalue weighted by Gasteiger charge is -2.42. The second-order valence-electron chi connectivity index (χ2n) is 8.58. The molecule has 5 nitrogen and oxygen atoms in total. The van der Waals surface area contributed by atoms with E-state index in [2.05, 4.69) is 70.7 Å². The molecule has 0 saturated carbocycles. The number of ether oxygens (including phenoxy) is 1. The van der Waals surface area contributed by atoms with Gasteiger partial charge in [0.15, 0.2) is 5.60 Å². The normalized spacial score (nSPS) is 19.9. The van der Waals surface area contributed by atoms with Gasteiger partial charge in [-0.25, -0.2) is 0 Å². The van der Waals surface area contributed by atoms with Crippen molar-refractivity contribution in [3.8, 4) is 11.1 Å². The van der Waals surface area contributed by atoms with Crippen LogP contribution in [0.3, 0.4) is 0 Å². The Balaban J connectivity index is 1.50. The molecule has 1 amide bonds. The summed E-state index contributed by atoms with van der Waals surface area (Å²) in [5.74, 6) is 0.323. The van der Waals surface area contributed by atoms with Gasteiger partial charge in [-0.15, -0.1) is 0 Å². The van der Waals surface area contributed by atoms with Crippen LogP contribution in [-0.2, 0) is 16.0 Å². The fourth-order valence-electron chi connectivity index (χ4n) is 4.53. The molecular formula is C27H31N3O2. The van der Waals surface area contributed by atoms with E-state index >= 15 is 0 Å². The highest BCUT2D eigenvalue weighted by atomic mass is 16.5. The summed E-state index contributed by atoms with van der Waals surface area (Å²) in [6, 6.07) is 22.9. The topological polar surface area (TPSA) is 54.5 Å². The molecular weight excluding hydrogens is 398 g/mol. The van der Waals surface area contributed by atoms with Crippen LogP contribution >= 0.6 is 0 Å². The maximum absolute atomic E-state index is 13.0. The predicted molar refractivity (Wildman–Crippen MR) is 127 cm³/mol.